The molecule has 6 nitrogen and oxygen atoms in total. The highest BCUT2D eigenvalue weighted by atomic mass is 32.2. The van der Waals surface area contributed by atoms with Gasteiger partial charge in [0, 0.05) is 43.8 Å². The molecular formula is C23H29N3O3S. The van der Waals surface area contributed by atoms with Gasteiger partial charge in [-0.3, -0.25) is 9.69 Å². The molecular weight excluding hydrogens is 398 g/mol. The van der Waals surface area contributed by atoms with E-state index in [-0.39, 0.29) is 12.5 Å². The van der Waals surface area contributed by atoms with E-state index in [4.69, 9.17) is 0 Å². The summed E-state index contributed by atoms with van der Waals surface area (Å²) in [5.41, 5.74) is 2.84. The Labute approximate surface area is 179 Å². The molecule has 0 atom stereocenters. The minimum atomic E-state index is -3.47. The molecule has 1 aliphatic rings. The van der Waals surface area contributed by atoms with E-state index >= 15 is 0 Å². The quantitative estimate of drug-likeness (QED) is 0.682. The van der Waals surface area contributed by atoms with Crippen molar-refractivity contribution >= 4 is 27.7 Å². The predicted molar refractivity (Wildman–Crippen MR) is 122 cm³/mol. The SMILES string of the molecule is CCN(C(=O)CN1CCN(S(=O)(=O)/C=C/c2ccccc2)CC1)c1ccccc1C. The number of hydrogen-bond acceptors (Lipinski definition) is 4. The molecule has 160 valence electrons. The zero-order valence-electron chi connectivity index (χ0n) is 17.6. The number of para-hydroxylation sites is 1. The highest BCUT2D eigenvalue weighted by molar-refractivity contribution is 7.92. The summed E-state index contributed by atoms with van der Waals surface area (Å²) in [6, 6.07) is 17.2. The highest BCUT2D eigenvalue weighted by Crippen LogP contribution is 2.20. The minimum Gasteiger partial charge on any atom is -0.311 e. The van der Waals surface area contributed by atoms with Crippen LogP contribution in [0.5, 0.6) is 0 Å². The van der Waals surface area contributed by atoms with Gasteiger partial charge in [-0.05, 0) is 37.1 Å². The standard InChI is InChI=1S/C23H29N3O3S/c1-3-26(22-12-8-7-9-20(22)2)23(27)19-24-14-16-25(17-15-24)30(28,29)18-13-21-10-5-4-6-11-21/h4-13,18H,3,14-17,19H2,1-2H3/b18-13+. The Morgan fingerprint density at radius 2 is 1.63 bits per heavy atom. The number of sulfonamides is 1. The second-order valence-corrected chi connectivity index (χ2v) is 9.18. The fraction of sp³-hybridized carbons (Fsp3) is 0.348. The number of anilines is 1. The van der Waals surface area contributed by atoms with Gasteiger partial charge >= 0.3 is 0 Å². The largest absolute Gasteiger partial charge is 0.311 e. The monoisotopic (exact) mass is 427 g/mol. The Morgan fingerprint density at radius 1 is 1.00 bits per heavy atom. The molecule has 1 fully saturated rings. The molecule has 1 amide bonds. The summed E-state index contributed by atoms with van der Waals surface area (Å²) in [6.07, 6.45) is 1.62. The lowest BCUT2D eigenvalue weighted by molar-refractivity contribution is -0.120. The zero-order valence-corrected chi connectivity index (χ0v) is 18.4. The molecule has 0 unspecified atom stereocenters. The first kappa shape index (κ1) is 22.2. The molecule has 0 saturated carbocycles. The summed E-state index contributed by atoms with van der Waals surface area (Å²) in [6.45, 7) is 6.69. The third-order valence-corrected chi connectivity index (χ3v) is 6.87. The van der Waals surface area contributed by atoms with Gasteiger partial charge in [0.15, 0.2) is 0 Å². The number of nitrogens with zero attached hydrogens (tertiary/aromatic N) is 3. The highest BCUT2D eigenvalue weighted by Gasteiger charge is 2.27. The first-order chi connectivity index (χ1) is 14.4. The third kappa shape index (κ3) is 5.56. The van der Waals surface area contributed by atoms with E-state index < -0.39 is 10.0 Å². The average molecular weight is 428 g/mol. The van der Waals surface area contributed by atoms with Crippen molar-refractivity contribution in [3.63, 3.8) is 0 Å². The van der Waals surface area contributed by atoms with Gasteiger partial charge in [-0.2, -0.15) is 4.31 Å². The number of rotatable bonds is 7. The summed E-state index contributed by atoms with van der Waals surface area (Å²) in [7, 11) is -3.47. The smallest absolute Gasteiger partial charge is 0.241 e. The second-order valence-electron chi connectivity index (χ2n) is 7.36. The van der Waals surface area contributed by atoms with Crippen molar-refractivity contribution in [2.45, 2.75) is 13.8 Å². The molecule has 0 aliphatic carbocycles. The van der Waals surface area contributed by atoms with Crippen LogP contribution in [-0.2, 0) is 14.8 Å². The van der Waals surface area contributed by atoms with Crippen molar-refractivity contribution in [2.24, 2.45) is 0 Å². The minimum absolute atomic E-state index is 0.0343. The van der Waals surface area contributed by atoms with Gasteiger partial charge in [-0.15, -0.1) is 0 Å². The van der Waals surface area contributed by atoms with Crippen LogP contribution in [0.25, 0.3) is 6.08 Å². The topological polar surface area (TPSA) is 60.9 Å². The maximum atomic E-state index is 12.9. The third-order valence-electron chi connectivity index (χ3n) is 5.31. The van der Waals surface area contributed by atoms with E-state index in [1.165, 1.54) is 9.71 Å². The maximum Gasteiger partial charge on any atom is 0.241 e. The van der Waals surface area contributed by atoms with Crippen LogP contribution in [0.2, 0.25) is 0 Å². The van der Waals surface area contributed by atoms with Crippen molar-refractivity contribution in [1.82, 2.24) is 9.21 Å². The number of carbonyl (C=O) groups excluding carboxylic acids is 1. The molecule has 0 N–H and O–H groups in total. The summed E-state index contributed by atoms with van der Waals surface area (Å²) in [4.78, 5) is 16.7. The van der Waals surface area contributed by atoms with Gasteiger partial charge in [-0.1, -0.05) is 48.5 Å². The molecule has 1 saturated heterocycles. The van der Waals surface area contributed by atoms with Crippen LogP contribution in [0.4, 0.5) is 5.69 Å². The van der Waals surface area contributed by atoms with E-state index in [9.17, 15) is 13.2 Å². The van der Waals surface area contributed by atoms with E-state index in [0.717, 1.165) is 16.8 Å². The zero-order chi connectivity index (χ0) is 21.6. The van der Waals surface area contributed by atoms with Gasteiger partial charge < -0.3 is 4.90 Å². The lowest BCUT2D eigenvalue weighted by Crippen LogP contribution is -2.51. The Hall–Kier alpha value is -2.48. The number of hydrogen-bond donors (Lipinski definition) is 0. The molecule has 0 bridgehead atoms. The molecule has 0 spiro atoms. The van der Waals surface area contributed by atoms with Crippen molar-refractivity contribution in [3.8, 4) is 0 Å². The molecule has 0 radical (unpaired) electrons. The van der Waals surface area contributed by atoms with Gasteiger partial charge in [0.25, 0.3) is 0 Å². The summed E-state index contributed by atoms with van der Waals surface area (Å²) < 4.78 is 26.7. The molecule has 3 rings (SSSR count). The maximum absolute atomic E-state index is 12.9. The molecule has 2 aromatic rings. The van der Waals surface area contributed by atoms with Crippen LogP contribution in [0, 0.1) is 6.92 Å². The predicted octanol–water partition coefficient (Wildman–Crippen LogP) is 2.97. The van der Waals surface area contributed by atoms with Gasteiger partial charge in [-0.25, -0.2) is 8.42 Å². The first-order valence-electron chi connectivity index (χ1n) is 10.2. The van der Waals surface area contributed by atoms with Gasteiger partial charge in [0.1, 0.15) is 0 Å². The van der Waals surface area contributed by atoms with E-state index in [0.29, 0.717) is 32.7 Å². The van der Waals surface area contributed by atoms with Crippen LogP contribution in [0.3, 0.4) is 0 Å². The number of carbonyl (C=O) groups is 1. The molecule has 2 aromatic carbocycles. The average Bonchev–Trinajstić information content (AvgIpc) is 2.75. The fourth-order valence-corrected chi connectivity index (χ4v) is 4.75. The first-order valence-corrected chi connectivity index (χ1v) is 11.7. The van der Waals surface area contributed by atoms with Crippen LogP contribution in [-0.4, -0.2) is 62.8 Å². The Bertz CT molecular complexity index is 982. The summed E-state index contributed by atoms with van der Waals surface area (Å²) >= 11 is 0. The fourth-order valence-electron chi connectivity index (χ4n) is 3.58. The number of amides is 1. The van der Waals surface area contributed by atoms with E-state index in [2.05, 4.69) is 0 Å². The van der Waals surface area contributed by atoms with Gasteiger partial charge in [0.05, 0.1) is 6.54 Å². The number of aryl methyl sites for hydroxylation is 1. The van der Waals surface area contributed by atoms with Gasteiger partial charge in [0.2, 0.25) is 15.9 Å². The van der Waals surface area contributed by atoms with Crippen molar-refractivity contribution in [1.29, 1.82) is 0 Å². The number of benzene rings is 2. The lowest BCUT2D eigenvalue weighted by atomic mass is 10.1. The van der Waals surface area contributed by atoms with E-state index in [1.807, 2.05) is 73.3 Å². The van der Waals surface area contributed by atoms with Crippen molar-refractivity contribution < 1.29 is 13.2 Å². The molecule has 7 heteroatoms. The lowest BCUT2D eigenvalue weighted by Gasteiger charge is -2.34. The summed E-state index contributed by atoms with van der Waals surface area (Å²) in [5.74, 6) is 0.0343. The second kappa shape index (κ2) is 10.0. The van der Waals surface area contributed by atoms with Crippen molar-refractivity contribution in [2.75, 3.05) is 44.2 Å². The number of piperazine rings is 1. The Kier molecular flexibility index (Phi) is 7.42. The van der Waals surface area contributed by atoms with Crippen LogP contribution in [0.1, 0.15) is 18.1 Å². The van der Waals surface area contributed by atoms with Crippen molar-refractivity contribution in [3.05, 3.63) is 71.1 Å². The molecule has 30 heavy (non-hydrogen) atoms. The molecule has 1 aliphatic heterocycles. The van der Waals surface area contributed by atoms with Crippen LogP contribution < -0.4 is 4.90 Å². The van der Waals surface area contributed by atoms with Crippen LogP contribution >= 0.6 is 0 Å². The number of likely N-dealkylation sites (N-methyl/N-ethyl adjacent to an activating group) is 1. The molecule has 0 aromatic heterocycles. The Balaban J connectivity index is 1.56. The van der Waals surface area contributed by atoms with E-state index in [1.54, 1.807) is 11.0 Å². The van der Waals surface area contributed by atoms with Crippen LogP contribution in [0.15, 0.2) is 60.0 Å². The summed E-state index contributed by atoms with van der Waals surface area (Å²) in [5, 5.41) is 1.26. The molecule has 1 heterocycles. The normalized spacial score (nSPS) is 16.1. The Morgan fingerprint density at radius 3 is 2.27 bits per heavy atom.